The monoisotopic (exact) mass is 410 g/mol. The first-order valence-electron chi connectivity index (χ1n) is 10.9. The Balaban J connectivity index is 2.72. The van der Waals surface area contributed by atoms with Crippen LogP contribution in [0.1, 0.15) is 78.1 Å². The van der Waals surface area contributed by atoms with Gasteiger partial charge in [0.15, 0.2) is 0 Å². The smallest absolute Gasteiger partial charge is 0.328 e. The number of nitrogens with one attached hydrogen (secondary N) is 1. The number of esters is 2. The maximum Gasteiger partial charge on any atom is 0.328 e. The third kappa shape index (κ3) is 10.5. The van der Waals surface area contributed by atoms with E-state index >= 15 is 0 Å². The third-order valence-electron chi connectivity index (χ3n) is 5.21. The Hall–Kier alpha value is -1.89. The van der Waals surface area contributed by atoms with Crippen LogP contribution in [-0.4, -0.2) is 42.6 Å². The van der Waals surface area contributed by atoms with Crippen LogP contribution in [0, 0.1) is 5.92 Å². The maximum atomic E-state index is 12.8. The molecule has 1 amide bonds. The van der Waals surface area contributed by atoms with E-state index in [2.05, 4.69) is 11.9 Å². The van der Waals surface area contributed by atoms with Crippen LogP contribution in [0.15, 0.2) is 12.7 Å². The summed E-state index contributed by atoms with van der Waals surface area (Å²) in [6.07, 6.45) is 9.89. The van der Waals surface area contributed by atoms with E-state index in [-0.39, 0.29) is 31.5 Å². The van der Waals surface area contributed by atoms with E-state index in [0.717, 1.165) is 38.5 Å². The summed E-state index contributed by atoms with van der Waals surface area (Å²) in [7, 11) is 0. The van der Waals surface area contributed by atoms with E-state index in [1.165, 1.54) is 18.9 Å². The van der Waals surface area contributed by atoms with Crippen LogP contribution in [0.2, 0.25) is 0 Å². The molecule has 1 aliphatic carbocycles. The second-order valence-electron chi connectivity index (χ2n) is 8.10. The van der Waals surface area contributed by atoms with E-state index in [4.69, 9.17) is 15.2 Å². The lowest BCUT2D eigenvalue weighted by Crippen LogP contribution is -2.51. The molecule has 0 saturated heterocycles. The lowest BCUT2D eigenvalue weighted by molar-refractivity contribution is -0.154. The molecule has 166 valence electrons. The van der Waals surface area contributed by atoms with Gasteiger partial charge in [0, 0.05) is 6.42 Å². The zero-order chi connectivity index (χ0) is 21.6. The number of carbonyl (C=O) groups is 3. The highest BCUT2D eigenvalue weighted by atomic mass is 16.5. The number of hydrogen-bond donors (Lipinski definition) is 2. The molecule has 29 heavy (non-hydrogen) atoms. The maximum absolute atomic E-state index is 12.8. The molecule has 2 atom stereocenters. The first kappa shape index (κ1) is 25.1. The quantitative estimate of drug-likeness (QED) is 0.423. The Morgan fingerprint density at radius 3 is 2.24 bits per heavy atom. The largest absolute Gasteiger partial charge is 0.461 e. The average molecular weight is 411 g/mol. The van der Waals surface area contributed by atoms with Crippen LogP contribution in [0.4, 0.5) is 0 Å². The van der Waals surface area contributed by atoms with E-state index in [1.807, 2.05) is 13.8 Å². The van der Waals surface area contributed by atoms with Crippen molar-refractivity contribution in [2.75, 3.05) is 6.61 Å². The lowest BCUT2D eigenvalue weighted by atomic mass is 10.0. The van der Waals surface area contributed by atoms with Gasteiger partial charge in [-0.05, 0) is 38.0 Å². The zero-order valence-electron chi connectivity index (χ0n) is 18.0. The van der Waals surface area contributed by atoms with Crippen LogP contribution >= 0.6 is 0 Å². The fourth-order valence-corrected chi connectivity index (χ4v) is 3.27. The fourth-order valence-electron chi connectivity index (χ4n) is 3.27. The minimum Gasteiger partial charge on any atom is -0.461 e. The van der Waals surface area contributed by atoms with Crippen molar-refractivity contribution in [3.63, 3.8) is 0 Å². The second-order valence-corrected chi connectivity index (χ2v) is 8.10. The molecule has 0 heterocycles. The van der Waals surface area contributed by atoms with Crippen molar-refractivity contribution in [1.29, 1.82) is 0 Å². The molecule has 7 nitrogen and oxygen atoms in total. The van der Waals surface area contributed by atoms with Gasteiger partial charge in [0.1, 0.15) is 18.8 Å². The minimum atomic E-state index is -0.920. The normalized spacial score (nSPS) is 17.9. The number of ether oxygens (including phenoxy) is 2. The first-order valence-corrected chi connectivity index (χ1v) is 10.9. The summed E-state index contributed by atoms with van der Waals surface area (Å²) in [6, 6.07) is -1.65. The summed E-state index contributed by atoms with van der Waals surface area (Å²) in [4.78, 5) is 37.0. The summed E-state index contributed by atoms with van der Waals surface area (Å²) in [5.74, 6) is -1.45. The molecule has 0 spiro atoms. The van der Waals surface area contributed by atoms with Gasteiger partial charge in [-0.3, -0.25) is 9.59 Å². The number of hydrogen-bond acceptors (Lipinski definition) is 6. The Bertz CT molecular complexity index is 525. The van der Waals surface area contributed by atoms with Crippen molar-refractivity contribution in [2.24, 2.45) is 11.7 Å². The molecule has 0 bridgehead atoms. The minimum absolute atomic E-state index is 0.00449. The summed E-state index contributed by atoms with van der Waals surface area (Å²) < 4.78 is 10.7. The van der Waals surface area contributed by atoms with Gasteiger partial charge in [-0.2, -0.15) is 0 Å². The predicted octanol–water partition coefficient (Wildman–Crippen LogP) is 3.01. The lowest BCUT2D eigenvalue weighted by Gasteiger charge is -2.24. The summed E-state index contributed by atoms with van der Waals surface area (Å²) in [5.41, 5.74) is 5.90. The van der Waals surface area contributed by atoms with Crippen LogP contribution in [0.5, 0.6) is 0 Å². The molecule has 0 radical (unpaired) electrons. The molecule has 0 aliphatic heterocycles. The molecule has 3 N–H and O–H groups in total. The van der Waals surface area contributed by atoms with Crippen molar-refractivity contribution in [3.8, 4) is 0 Å². The molecule has 1 saturated carbocycles. The number of amides is 1. The van der Waals surface area contributed by atoms with Crippen LogP contribution < -0.4 is 11.1 Å². The molecule has 0 aromatic carbocycles. The Labute approximate surface area is 174 Å². The Morgan fingerprint density at radius 1 is 1.10 bits per heavy atom. The van der Waals surface area contributed by atoms with Crippen molar-refractivity contribution in [3.05, 3.63) is 12.7 Å². The van der Waals surface area contributed by atoms with E-state index in [1.54, 1.807) is 0 Å². The second kappa shape index (κ2) is 14.1. The van der Waals surface area contributed by atoms with Crippen molar-refractivity contribution >= 4 is 17.8 Å². The van der Waals surface area contributed by atoms with Crippen LogP contribution in [0.3, 0.4) is 0 Å². The first-order chi connectivity index (χ1) is 13.8. The van der Waals surface area contributed by atoms with Gasteiger partial charge in [0.25, 0.3) is 0 Å². The third-order valence-corrected chi connectivity index (χ3v) is 5.21. The highest BCUT2D eigenvalue weighted by Crippen LogP contribution is 2.20. The van der Waals surface area contributed by atoms with E-state index < -0.39 is 29.9 Å². The van der Waals surface area contributed by atoms with Gasteiger partial charge in [-0.15, -0.1) is 0 Å². The number of carbonyl (C=O) groups excluding carboxylic acids is 3. The highest BCUT2D eigenvalue weighted by Gasteiger charge is 2.29. The summed E-state index contributed by atoms with van der Waals surface area (Å²) >= 11 is 0. The molecular formula is C22H38N2O5. The van der Waals surface area contributed by atoms with Gasteiger partial charge in [-0.1, -0.05) is 52.2 Å². The molecule has 1 fully saturated rings. The summed E-state index contributed by atoms with van der Waals surface area (Å²) in [5, 5.41) is 2.67. The van der Waals surface area contributed by atoms with Gasteiger partial charge in [-0.25, -0.2) is 4.79 Å². The molecule has 1 aliphatic rings. The molecule has 0 aromatic heterocycles. The number of rotatable bonds is 10. The standard InChI is InChI=1S/C22H38N2O5/c1-4-15-28-19(25)14-13-18(24-21(26)20(23)16(2)3)22(27)29-17-11-9-7-5-6-8-10-12-17/h4,16-18,20H,1,5-15,23H2,2-3H3,(H,24,26)/t18-,20?/m0/s1. The number of nitrogens with two attached hydrogens (primary N) is 1. The fraction of sp³-hybridized carbons (Fsp3) is 0.773. The Morgan fingerprint density at radius 2 is 1.69 bits per heavy atom. The SMILES string of the molecule is C=CCOC(=O)CC[C@H](NC(=O)C(N)C(C)C)C(=O)OC1CCCCCCCC1. The van der Waals surface area contributed by atoms with Crippen molar-refractivity contribution < 1.29 is 23.9 Å². The zero-order valence-corrected chi connectivity index (χ0v) is 18.0. The van der Waals surface area contributed by atoms with Gasteiger partial charge < -0.3 is 20.5 Å². The van der Waals surface area contributed by atoms with Gasteiger partial charge >= 0.3 is 11.9 Å². The van der Waals surface area contributed by atoms with Crippen LogP contribution in [-0.2, 0) is 23.9 Å². The molecule has 1 unspecified atom stereocenters. The van der Waals surface area contributed by atoms with Gasteiger partial charge in [0.2, 0.25) is 5.91 Å². The molecule has 1 rings (SSSR count). The molecular weight excluding hydrogens is 372 g/mol. The van der Waals surface area contributed by atoms with Crippen molar-refractivity contribution in [2.45, 2.75) is 96.2 Å². The average Bonchev–Trinajstić information content (AvgIpc) is 2.82. The summed E-state index contributed by atoms with van der Waals surface area (Å²) in [6.45, 7) is 7.28. The van der Waals surface area contributed by atoms with Crippen LogP contribution in [0.25, 0.3) is 0 Å². The van der Waals surface area contributed by atoms with E-state index in [9.17, 15) is 14.4 Å². The molecule has 7 heteroatoms. The van der Waals surface area contributed by atoms with Gasteiger partial charge in [0.05, 0.1) is 6.04 Å². The van der Waals surface area contributed by atoms with Crippen molar-refractivity contribution in [1.82, 2.24) is 5.32 Å². The predicted molar refractivity (Wildman–Crippen MR) is 112 cm³/mol. The molecule has 0 aromatic rings. The highest BCUT2D eigenvalue weighted by molar-refractivity contribution is 5.88. The van der Waals surface area contributed by atoms with E-state index in [0.29, 0.717) is 0 Å². The topological polar surface area (TPSA) is 108 Å². The Kier molecular flexibility index (Phi) is 12.3.